The largest absolute Gasteiger partial charge is 0.516 e. The molecule has 0 aliphatic heterocycles. The van der Waals surface area contributed by atoms with E-state index in [1.54, 1.807) is 0 Å². The van der Waals surface area contributed by atoms with Crippen molar-refractivity contribution in [2.24, 2.45) is 5.92 Å². The van der Waals surface area contributed by atoms with E-state index in [0.717, 1.165) is 18.6 Å². The lowest BCUT2D eigenvalue weighted by Crippen LogP contribution is -1.94. The Morgan fingerprint density at radius 3 is 2.29 bits per heavy atom. The van der Waals surface area contributed by atoms with Gasteiger partial charge in [-0.05, 0) is 18.8 Å². The Morgan fingerprint density at radius 1 is 1.07 bits per heavy atom. The van der Waals surface area contributed by atoms with Crippen molar-refractivity contribution in [2.75, 3.05) is 0 Å². The van der Waals surface area contributed by atoms with Gasteiger partial charge in [0, 0.05) is 0 Å². The van der Waals surface area contributed by atoms with E-state index in [0.29, 0.717) is 0 Å². The third kappa shape index (κ3) is 9.63. The second-order valence-corrected chi connectivity index (χ2v) is 4.27. The van der Waals surface area contributed by atoms with E-state index in [2.05, 4.69) is 13.8 Å². The van der Waals surface area contributed by atoms with E-state index in [9.17, 15) is 0 Å². The fourth-order valence-corrected chi connectivity index (χ4v) is 1.72. The standard InChI is InChI=1S/C13H26O/c1-3-4-7-10-13(2)11-8-5-6-9-12-14/h9,12-14H,3-8,10-11H2,1-2H3/b12-9+. The topological polar surface area (TPSA) is 20.2 Å². The number of hydrogen-bond acceptors (Lipinski definition) is 1. The van der Waals surface area contributed by atoms with Crippen LogP contribution in [0.15, 0.2) is 12.3 Å². The number of aliphatic hydroxyl groups excluding tert-OH is 1. The molecule has 0 rings (SSSR count). The van der Waals surface area contributed by atoms with Crippen molar-refractivity contribution in [1.82, 2.24) is 0 Å². The normalized spacial score (nSPS) is 13.6. The lowest BCUT2D eigenvalue weighted by atomic mass is 9.97. The number of hydrogen-bond donors (Lipinski definition) is 1. The van der Waals surface area contributed by atoms with Crippen LogP contribution in [-0.2, 0) is 0 Å². The molecule has 14 heavy (non-hydrogen) atoms. The molecule has 1 nitrogen and oxygen atoms in total. The molecule has 1 atom stereocenters. The predicted molar refractivity (Wildman–Crippen MR) is 63.5 cm³/mol. The van der Waals surface area contributed by atoms with Crippen LogP contribution in [-0.4, -0.2) is 5.11 Å². The summed E-state index contributed by atoms with van der Waals surface area (Å²) in [6, 6.07) is 0. The quantitative estimate of drug-likeness (QED) is 0.415. The maximum Gasteiger partial charge on any atom is 0.0751 e. The molecule has 0 bridgehead atoms. The summed E-state index contributed by atoms with van der Waals surface area (Å²) in [4.78, 5) is 0. The van der Waals surface area contributed by atoms with Crippen molar-refractivity contribution in [3.63, 3.8) is 0 Å². The lowest BCUT2D eigenvalue weighted by Gasteiger charge is -2.09. The van der Waals surface area contributed by atoms with Gasteiger partial charge in [0.25, 0.3) is 0 Å². The van der Waals surface area contributed by atoms with Crippen molar-refractivity contribution in [2.45, 2.75) is 65.2 Å². The van der Waals surface area contributed by atoms with Crippen molar-refractivity contribution in [3.05, 3.63) is 12.3 Å². The summed E-state index contributed by atoms with van der Waals surface area (Å²) in [5.41, 5.74) is 0. The van der Waals surface area contributed by atoms with Gasteiger partial charge in [0.05, 0.1) is 6.26 Å². The van der Waals surface area contributed by atoms with Crippen molar-refractivity contribution in [1.29, 1.82) is 0 Å². The van der Waals surface area contributed by atoms with Gasteiger partial charge in [-0.15, -0.1) is 0 Å². The SMILES string of the molecule is CCCCCC(C)CCCC/C=C/O. The van der Waals surface area contributed by atoms with Gasteiger partial charge in [-0.2, -0.15) is 0 Å². The smallest absolute Gasteiger partial charge is 0.0751 e. The molecule has 1 unspecified atom stereocenters. The van der Waals surface area contributed by atoms with Gasteiger partial charge in [0.15, 0.2) is 0 Å². The third-order valence-electron chi connectivity index (χ3n) is 2.72. The molecule has 84 valence electrons. The van der Waals surface area contributed by atoms with Crippen molar-refractivity contribution >= 4 is 0 Å². The van der Waals surface area contributed by atoms with Crippen LogP contribution in [0.2, 0.25) is 0 Å². The average Bonchev–Trinajstić information content (AvgIpc) is 2.18. The van der Waals surface area contributed by atoms with E-state index >= 15 is 0 Å². The Bertz CT molecular complexity index is 129. The van der Waals surface area contributed by atoms with Crippen LogP contribution in [0.1, 0.15) is 65.2 Å². The van der Waals surface area contributed by atoms with Gasteiger partial charge in [-0.25, -0.2) is 0 Å². The van der Waals surface area contributed by atoms with Crippen molar-refractivity contribution in [3.8, 4) is 0 Å². The van der Waals surface area contributed by atoms with Crippen LogP contribution in [0.5, 0.6) is 0 Å². The molecule has 0 amide bonds. The number of allylic oxidation sites excluding steroid dienone is 1. The van der Waals surface area contributed by atoms with Gasteiger partial charge in [-0.3, -0.25) is 0 Å². The highest BCUT2D eigenvalue weighted by atomic mass is 16.2. The molecular formula is C13H26O. The Morgan fingerprint density at radius 2 is 1.71 bits per heavy atom. The number of unbranched alkanes of at least 4 members (excludes halogenated alkanes) is 4. The number of rotatable bonds is 9. The molecule has 0 aliphatic carbocycles. The highest BCUT2D eigenvalue weighted by Crippen LogP contribution is 2.16. The molecule has 0 saturated heterocycles. The highest BCUT2D eigenvalue weighted by Gasteiger charge is 2.00. The van der Waals surface area contributed by atoms with E-state index < -0.39 is 0 Å². The van der Waals surface area contributed by atoms with Gasteiger partial charge in [-0.1, -0.05) is 58.4 Å². The maximum absolute atomic E-state index is 8.44. The summed E-state index contributed by atoms with van der Waals surface area (Å²) in [7, 11) is 0. The molecule has 1 heteroatoms. The fourth-order valence-electron chi connectivity index (χ4n) is 1.72. The summed E-state index contributed by atoms with van der Waals surface area (Å²) in [6.45, 7) is 4.61. The van der Waals surface area contributed by atoms with Crippen LogP contribution in [0.25, 0.3) is 0 Å². The van der Waals surface area contributed by atoms with Crippen LogP contribution in [0, 0.1) is 5.92 Å². The first-order chi connectivity index (χ1) is 6.81. The molecule has 0 aromatic heterocycles. The summed E-state index contributed by atoms with van der Waals surface area (Å²) >= 11 is 0. The lowest BCUT2D eigenvalue weighted by molar-refractivity contribution is 0.442. The van der Waals surface area contributed by atoms with Gasteiger partial charge >= 0.3 is 0 Å². The van der Waals surface area contributed by atoms with Crippen LogP contribution < -0.4 is 0 Å². The van der Waals surface area contributed by atoms with Crippen LogP contribution >= 0.6 is 0 Å². The van der Waals surface area contributed by atoms with Gasteiger partial charge in [0.1, 0.15) is 0 Å². The summed E-state index contributed by atoms with van der Waals surface area (Å²) < 4.78 is 0. The van der Waals surface area contributed by atoms with Crippen LogP contribution in [0.4, 0.5) is 0 Å². The van der Waals surface area contributed by atoms with Crippen LogP contribution in [0.3, 0.4) is 0 Å². The first-order valence-corrected chi connectivity index (χ1v) is 6.10. The zero-order valence-electron chi connectivity index (χ0n) is 9.84. The number of aliphatic hydroxyl groups is 1. The Labute approximate surface area is 89.2 Å². The minimum Gasteiger partial charge on any atom is -0.516 e. The Balaban J connectivity index is 3.13. The summed E-state index contributed by atoms with van der Waals surface area (Å²) in [5.74, 6) is 0.889. The van der Waals surface area contributed by atoms with E-state index in [1.165, 1.54) is 44.9 Å². The maximum atomic E-state index is 8.44. The molecule has 0 radical (unpaired) electrons. The van der Waals surface area contributed by atoms with E-state index in [4.69, 9.17) is 5.11 Å². The molecular weight excluding hydrogens is 172 g/mol. The van der Waals surface area contributed by atoms with Gasteiger partial charge < -0.3 is 5.11 Å². The predicted octanol–water partition coefficient (Wildman–Crippen LogP) is 4.83. The minimum atomic E-state index is 0.889. The third-order valence-corrected chi connectivity index (χ3v) is 2.72. The Kier molecular flexibility index (Phi) is 10.3. The van der Waals surface area contributed by atoms with Gasteiger partial charge in [0.2, 0.25) is 0 Å². The highest BCUT2D eigenvalue weighted by molar-refractivity contribution is 4.71. The summed E-state index contributed by atoms with van der Waals surface area (Å²) in [6.07, 6.45) is 13.4. The zero-order valence-corrected chi connectivity index (χ0v) is 9.84. The monoisotopic (exact) mass is 198 g/mol. The fraction of sp³-hybridized carbons (Fsp3) is 0.846. The minimum absolute atomic E-state index is 0.889. The molecule has 0 saturated carbocycles. The van der Waals surface area contributed by atoms with E-state index in [-0.39, 0.29) is 0 Å². The van der Waals surface area contributed by atoms with Crippen molar-refractivity contribution < 1.29 is 5.11 Å². The molecule has 0 fully saturated rings. The first-order valence-electron chi connectivity index (χ1n) is 6.10. The summed E-state index contributed by atoms with van der Waals surface area (Å²) in [5, 5.41) is 8.44. The first kappa shape index (κ1) is 13.5. The second kappa shape index (κ2) is 10.6. The zero-order chi connectivity index (χ0) is 10.6. The Hall–Kier alpha value is -0.460. The molecule has 1 N–H and O–H groups in total. The molecule has 0 spiro atoms. The second-order valence-electron chi connectivity index (χ2n) is 4.27. The molecule has 0 aliphatic rings. The molecule has 0 heterocycles. The molecule has 0 aromatic rings. The van der Waals surface area contributed by atoms with E-state index in [1.807, 2.05) is 6.08 Å². The average molecular weight is 198 g/mol. The molecule has 0 aromatic carbocycles.